The number of rotatable bonds is 6. The highest BCUT2D eigenvalue weighted by Gasteiger charge is 2.27. The summed E-state index contributed by atoms with van der Waals surface area (Å²) in [5.41, 5.74) is 0. The summed E-state index contributed by atoms with van der Waals surface area (Å²) in [6, 6.07) is 0. The van der Waals surface area contributed by atoms with Crippen molar-refractivity contribution in [3.63, 3.8) is 0 Å². The highest BCUT2D eigenvalue weighted by molar-refractivity contribution is 5.90. The van der Waals surface area contributed by atoms with Crippen molar-refractivity contribution in [1.29, 1.82) is 0 Å². The van der Waals surface area contributed by atoms with Gasteiger partial charge in [0, 0.05) is 26.2 Å². The number of esters is 4. The van der Waals surface area contributed by atoms with Gasteiger partial charge in [-0.15, -0.1) is 0 Å². The second kappa shape index (κ2) is 7.84. The van der Waals surface area contributed by atoms with Crippen molar-refractivity contribution < 1.29 is 38.6 Å². The van der Waals surface area contributed by atoms with Crippen molar-refractivity contribution in [3.05, 3.63) is 0 Å². The fourth-order valence-corrected chi connectivity index (χ4v) is 2.37. The van der Waals surface area contributed by atoms with Crippen molar-refractivity contribution in [2.45, 2.75) is 0 Å². The summed E-state index contributed by atoms with van der Waals surface area (Å²) in [7, 11) is 0. The van der Waals surface area contributed by atoms with Gasteiger partial charge in [0.15, 0.2) is 0 Å². The van der Waals surface area contributed by atoms with Crippen LogP contribution in [0.2, 0.25) is 0 Å². The van der Waals surface area contributed by atoms with Gasteiger partial charge in [0.1, 0.15) is 0 Å². The molecule has 0 spiro atoms. The second-order valence-electron chi connectivity index (χ2n) is 5.38. The summed E-state index contributed by atoms with van der Waals surface area (Å²) in [5.74, 6) is -2.67. The highest BCUT2D eigenvalue weighted by Crippen LogP contribution is 2.03. The largest absolute Gasteiger partial charge is 0.465 e. The molecule has 24 heavy (non-hydrogen) atoms. The molecule has 0 atom stereocenters. The molecule has 2 heterocycles. The van der Waals surface area contributed by atoms with Gasteiger partial charge < -0.3 is 19.5 Å². The lowest BCUT2D eigenvalue weighted by molar-refractivity contribution is -0.168. The van der Waals surface area contributed by atoms with Crippen molar-refractivity contribution in [3.8, 4) is 0 Å². The molecule has 2 fully saturated rings. The molecule has 2 rings (SSSR count). The van der Waals surface area contributed by atoms with Crippen LogP contribution in [-0.2, 0) is 28.7 Å². The standard InChI is InChI=1S/C13H17N3O8/c17-9-5-14(6-10(18)23-9)1-3-16(13(21)22)4-2-15-7-11(19)24-12(20)8-15/h1-8H2,(H,21,22). The van der Waals surface area contributed by atoms with Crippen LogP contribution in [0.15, 0.2) is 0 Å². The van der Waals surface area contributed by atoms with Crippen molar-refractivity contribution >= 4 is 30.0 Å². The molecule has 11 heteroatoms. The van der Waals surface area contributed by atoms with Gasteiger partial charge in [-0.25, -0.2) is 4.79 Å². The first kappa shape index (κ1) is 17.8. The zero-order valence-electron chi connectivity index (χ0n) is 12.8. The molecule has 2 aliphatic heterocycles. The summed E-state index contributed by atoms with van der Waals surface area (Å²) in [6.07, 6.45) is -1.17. The van der Waals surface area contributed by atoms with Gasteiger partial charge >= 0.3 is 30.0 Å². The van der Waals surface area contributed by atoms with E-state index in [2.05, 4.69) is 9.47 Å². The SMILES string of the molecule is O=C1CN(CCN(CCN2CC(=O)OC(=O)C2)C(=O)O)CC(=O)O1. The Morgan fingerprint density at radius 2 is 1.17 bits per heavy atom. The molecule has 0 aromatic rings. The van der Waals surface area contributed by atoms with E-state index in [4.69, 9.17) is 0 Å². The Morgan fingerprint density at radius 3 is 1.46 bits per heavy atom. The van der Waals surface area contributed by atoms with Crippen LogP contribution in [0.3, 0.4) is 0 Å². The Hall–Kier alpha value is -2.53. The van der Waals surface area contributed by atoms with Crippen LogP contribution in [0.25, 0.3) is 0 Å². The number of carbonyl (C=O) groups is 5. The second-order valence-corrected chi connectivity index (χ2v) is 5.38. The summed E-state index contributed by atoms with van der Waals surface area (Å²) in [6.45, 7) is 0.209. The lowest BCUT2D eigenvalue weighted by atomic mass is 10.3. The van der Waals surface area contributed by atoms with Crippen LogP contribution in [-0.4, -0.2) is 102 Å². The van der Waals surface area contributed by atoms with Gasteiger partial charge in [-0.3, -0.25) is 29.0 Å². The molecule has 1 N–H and O–H groups in total. The Bertz CT molecular complexity index is 489. The van der Waals surface area contributed by atoms with E-state index in [1.807, 2.05) is 0 Å². The highest BCUT2D eigenvalue weighted by atomic mass is 16.6. The number of ether oxygens (including phenoxy) is 2. The maximum Gasteiger partial charge on any atom is 0.407 e. The predicted octanol–water partition coefficient (Wildman–Crippen LogP) is -2.26. The summed E-state index contributed by atoms with van der Waals surface area (Å²) < 4.78 is 8.77. The molecule has 2 aliphatic rings. The van der Waals surface area contributed by atoms with Crippen molar-refractivity contribution in [2.75, 3.05) is 52.4 Å². The summed E-state index contributed by atoms with van der Waals surface area (Å²) in [4.78, 5) is 60.0. The minimum atomic E-state index is -1.17. The number of nitrogens with zero attached hydrogens (tertiary/aromatic N) is 3. The molecule has 132 valence electrons. The van der Waals surface area contributed by atoms with Gasteiger partial charge in [-0.2, -0.15) is 0 Å². The van der Waals surface area contributed by atoms with Gasteiger partial charge in [-0.1, -0.05) is 0 Å². The van der Waals surface area contributed by atoms with E-state index in [0.717, 1.165) is 4.90 Å². The lowest BCUT2D eigenvalue weighted by Crippen LogP contribution is -2.49. The zero-order valence-corrected chi connectivity index (χ0v) is 12.8. The molecule has 0 unspecified atom stereocenters. The maximum atomic E-state index is 11.3. The van der Waals surface area contributed by atoms with Gasteiger partial charge in [0.05, 0.1) is 26.2 Å². The van der Waals surface area contributed by atoms with Crippen LogP contribution < -0.4 is 0 Å². The maximum absolute atomic E-state index is 11.3. The number of cyclic esters (lactones) is 4. The fraction of sp³-hybridized carbons (Fsp3) is 0.615. The van der Waals surface area contributed by atoms with E-state index in [1.165, 1.54) is 9.80 Å². The molecule has 0 aromatic carbocycles. The molecular weight excluding hydrogens is 326 g/mol. The first-order chi connectivity index (χ1) is 11.3. The topological polar surface area (TPSA) is 134 Å². The van der Waals surface area contributed by atoms with Gasteiger partial charge in [-0.05, 0) is 0 Å². The smallest absolute Gasteiger partial charge is 0.407 e. The molecule has 0 bridgehead atoms. The van der Waals surface area contributed by atoms with Gasteiger partial charge in [0.2, 0.25) is 0 Å². The van der Waals surface area contributed by atoms with Crippen LogP contribution in [0.4, 0.5) is 4.79 Å². The Labute approximate surface area is 136 Å². The summed E-state index contributed by atoms with van der Waals surface area (Å²) >= 11 is 0. The van der Waals surface area contributed by atoms with E-state index >= 15 is 0 Å². The fourth-order valence-electron chi connectivity index (χ4n) is 2.37. The number of carboxylic acid groups (broad SMARTS) is 1. The van der Waals surface area contributed by atoms with E-state index in [9.17, 15) is 29.1 Å². The Morgan fingerprint density at radius 1 is 0.833 bits per heavy atom. The first-order valence-electron chi connectivity index (χ1n) is 7.23. The van der Waals surface area contributed by atoms with E-state index < -0.39 is 30.0 Å². The number of amides is 1. The van der Waals surface area contributed by atoms with Crippen molar-refractivity contribution in [2.24, 2.45) is 0 Å². The number of hydrogen-bond acceptors (Lipinski definition) is 9. The third-order valence-corrected chi connectivity index (χ3v) is 3.51. The average Bonchev–Trinajstić information content (AvgIpc) is 2.44. The number of hydrogen-bond donors (Lipinski definition) is 1. The lowest BCUT2D eigenvalue weighted by Gasteiger charge is -2.29. The monoisotopic (exact) mass is 343 g/mol. The van der Waals surface area contributed by atoms with Crippen LogP contribution >= 0.6 is 0 Å². The van der Waals surface area contributed by atoms with Crippen LogP contribution in [0.5, 0.6) is 0 Å². The van der Waals surface area contributed by atoms with E-state index in [0.29, 0.717) is 0 Å². The Balaban J connectivity index is 1.80. The molecule has 0 saturated carbocycles. The quantitative estimate of drug-likeness (QED) is 0.416. The van der Waals surface area contributed by atoms with Crippen LogP contribution in [0, 0.1) is 0 Å². The van der Waals surface area contributed by atoms with E-state index in [1.54, 1.807) is 0 Å². The molecule has 0 aromatic heterocycles. The summed E-state index contributed by atoms with van der Waals surface area (Å²) in [5, 5.41) is 9.21. The number of carbonyl (C=O) groups excluding carboxylic acids is 4. The number of morpholine rings is 2. The van der Waals surface area contributed by atoms with E-state index in [-0.39, 0.29) is 52.4 Å². The predicted molar refractivity (Wildman–Crippen MR) is 74.7 cm³/mol. The molecule has 11 nitrogen and oxygen atoms in total. The third-order valence-electron chi connectivity index (χ3n) is 3.51. The average molecular weight is 343 g/mol. The first-order valence-corrected chi connectivity index (χ1v) is 7.23. The normalized spacial score (nSPS) is 19.8. The molecule has 0 radical (unpaired) electrons. The molecule has 1 amide bonds. The minimum Gasteiger partial charge on any atom is -0.465 e. The molecular formula is C13H17N3O8. The van der Waals surface area contributed by atoms with Crippen molar-refractivity contribution in [1.82, 2.24) is 14.7 Å². The molecule has 0 aliphatic carbocycles. The molecule has 2 saturated heterocycles. The zero-order chi connectivity index (χ0) is 17.7. The Kier molecular flexibility index (Phi) is 5.82. The van der Waals surface area contributed by atoms with Gasteiger partial charge in [0.25, 0.3) is 0 Å². The third kappa shape index (κ3) is 5.28. The minimum absolute atomic E-state index is 0.0716. The van der Waals surface area contributed by atoms with Crippen LogP contribution in [0.1, 0.15) is 0 Å².